The van der Waals surface area contributed by atoms with E-state index in [1.54, 1.807) is 6.92 Å². The Morgan fingerprint density at radius 3 is 2.68 bits per heavy atom. The summed E-state index contributed by atoms with van der Waals surface area (Å²) >= 11 is 0. The Kier molecular flexibility index (Phi) is 3.39. The van der Waals surface area contributed by atoms with Crippen molar-refractivity contribution in [3.05, 3.63) is 48.0 Å². The van der Waals surface area contributed by atoms with Crippen LogP contribution >= 0.6 is 0 Å². The molecule has 0 aliphatic carbocycles. The highest BCUT2D eigenvalue weighted by atomic mass is 32.2. The fourth-order valence-electron chi connectivity index (χ4n) is 1.55. The maximum atomic E-state index is 12.9. The number of pyridine rings is 1. The number of hydrogen-bond acceptors (Lipinski definition) is 4. The molecule has 1 aromatic carbocycles. The zero-order valence-electron chi connectivity index (χ0n) is 10.1. The van der Waals surface area contributed by atoms with Gasteiger partial charge >= 0.3 is 0 Å². The molecule has 0 fully saturated rings. The Morgan fingerprint density at radius 1 is 1.32 bits per heavy atom. The number of rotatable bonds is 3. The molecule has 100 valence electrons. The van der Waals surface area contributed by atoms with Gasteiger partial charge in [-0.05, 0) is 36.8 Å². The molecule has 0 saturated carbocycles. The lowest BCUT2D eigenvalue weighted by atomic mass is 10.3. The van der Waals surface area contributed by atoms with Gasteiger partial charge in [-0.25, -0.2) is 12.8 Å². The lowest BCUT2D eigenvalue weighted by Crippen LogP contribution is -2.15. The quantitative estimate of drug-likeness (QED) is 0.842. The summed E-state index contributed by atoms with van der Waals surface area (Å²) in [6.07, 6.45) is 3.00. The summed E-state index contributed by atoms with van der Waals surface area (Å²) < 4.78 is 39.6. The number of aryl methyl sites for hydroxylation is 1. The molecule has 2 aromatic rings. The Bertz CT molecular complexity index is 717. The van der Waals surface area contributed by atoms with Crippen LogP contribution in [-0.2, 0) is 10.0 Å². The van der Waals surface area contributed by atoms with Crippen LogP contribution in [0.5, 0.6) is 0 Å². The fraction of sp³-hybridized carbons (Fsp3) is 0.0833. The second-order valence-corrected chi connectivity index (χ2v) is 5.63. The van der Waals surface area contributed by atoms with Gasteiger partial charge in [-0.15, -0.1) is 0 Å². The molecule has 0 saturated heterocycles. The molecule has 0 spiro atoms. The first kappa shape index (κ1) is 13.3. The topological polar surface area (TPSA) is 85.1 Å². The van der Waals surface area contributed by atoms with Gasteiger partial charge in [0.25, 0.3) is 10.0 Å². The average Bonchev–Trinajstić information content (AvgIpc) is 2.31. The lowest BCUT2D eigenvalue weighted by molar-refractivity contribution is 0.600. The first-order valence-electron chi connectivity index (χ1n) is 5.38. The second-order valence-electron chi connectivity index (χ2n) is 3.98. The SMILES string of the molecule is Cc1cnccc1NS(=O)(=O)c1ccc(F)cc1N. The summed E-state index contributed by atoms with van der Waals surface area (Å²) in [5, 5.41) is 0. The molecule has 0 unspecified atom stereocenters. The predicted molar refractivity (Wildman–Crippen MR) is 70.6 cm³/mol. The van der Waals surface area contributed by atoms with Gasteiger partial charge in [-0.3, -0.25) is 9.71 Å². The van der Waals surface area contributed by atoms with Gasteiger partial charge in [0, 0.05) is 12.4 Å². The van der Waals surface area contributed by atoms with Crippen molar-refractivity contribution >= 4 is 21.4 Å². The second kappa shape index (κ2) is 4.85. The summed E-state index contributed by atoms with van der Waals surface area (Å²) in [6, 6.07) is 4.68. The van der Waals surface area contributed by atoms with Crippen molar-refractivity contribution in [2.45, 2.75) is 11.8 Å². The third-order valence-corrected chi connectivity index (χ3v) is 3.97. The van der Waals surface area contributed by atoms with Crippen molar-refractivity contribution in [3.8, 4) is 0 Å². The molecule has 0 radical (unpaired) electrons. The van der Waals surface area contributed by atoms with Crippen molar-refractivity contribution in [1.82, 2.24) is 4.98 Å². The van der Waals surface area contributed by atoms with E-state index in [1.165, 1.54) is 18.5 Å². The fourth-order valence-corrected chi connectivity index (χ4v) is 2.80. The number of nitrogen functional groups attached to an aromatic ring is 1. The van der Waals surface area contributed by atoms with Crippen LogP contribution in [0.1, 0.15) is 5.56 Å². The van der Waals surface area contributed by atoms with Crippen LogP contribution in [0, 0.1) is 12.7 Å². The normalized spacial score (nSPS) is 11.3. The van der Waals surface area contributed by atoms with Gasteiger partial charge in [0.05, 0.1) is 11.4 Å². The number of benzene rings is 1. The molecule has 1 heterocycles. The van der Waals surface area contributed by atoms with Crippen LogP contribution in [0.3, 0.4) is 0 Å². The van der Waals surface area contributed by atoms with Crippen molar-refractivity contribution in [2.24, 2.45) is 0 Å². The number of aromatic nitrogens is 1. The Hall–Kier alpha value is -2.15. The Morgan fingerprint density at radius 2 is 2.05 bits per heavy atom. The van der Waals surface area contributed by atoms with Crippen LogP contribution in [0.2, 0.25) is 0 Å². The van der Waals surface area contributed by atoms with Crippen molar-refractivity contribution < 1.29 is 12.8 Å². The van der Waals surface area contributed by atoms with E-state index in [2.05, 4.69) is 9.71 Å². The summed E-state index contributed by atoms with van der Waals surface area (Å²) in [7, 11) is -3.85. The van der Waals surface area contributed by atoms with E-state index in [0.717, 1.165) is 18.2 Å². The maximum Gasteiger partial charge on any atom is 0.263 e. The van der Waals surface area contributed by atoms with E-state index in [1.807, 2.05) is 0 Å². The minimum absolute atomic E-state index is 0.140. The van der Waals surface area contributed by atoms with Gasteiger partial charge in [0.2, 0.25) is 0 Å². The van der Waals surface area contributed by atoms with E-state index in [-0.39, 0.29) is 10.6 Å². The zero-order valence-corrected chi connectivity index (χ0v) is 10.9. The summed E-state index contributed by atoms with van der Waals surface area (Å²) in [5.41, 5.74) is 6.46. The van der Waals surface area contributed by atoms with Gasteiger partial charge in [0.1, 0.15) is 10.7 Å². The average molecular weight is 281 g/mol. The monoisotopic (exact) mass is 281 g/mol. The number of anilines is 2. The first-order valence-corrected chi connectivity index (χ1v) is 6.87. The molecule has 0 bridgehead atoms. The van der Waals surface area contributed by atoms with Gasteiger partial charge in [-0.1, -0.05) is 0 Å². The third-order valence-electron chi connectivity index (χ3n) is 2.53. The van der Waals surface area contributed by atoms with E-state index < -0.39 is 15.8 Å². The lowest BCUT2D eigenvalue weighted by Gasteiger charge is -2.11. The summed E-state index contributed by atoms with van der Waals surface area (Å²) in [4.78, 5) is 3.71. The minimum Gasteiger partial charge on any atom is -0.398 e. The van der Waals surface area contributed by atoms with Gasteiger partial charge in [-0.2, -0.15) is 0 Å². The molecule has 7 heteroatoms. The molecule has 5 nitrogen and oxygen atoms in total. The smallest absolute Gasteiger partial charge is 0.263 e. The Balaban J connectivity index is 2.41. The number of nitrogens with two attached hydrogens (primary N) is 1. The van der Waals surface area contributed by atoms with E-state index in [0.29, 0.717) is 11.3 Å². The van der Waals surface area contributed by atoms with Crippen molar-refractivity contribution in [3.63, 3.8) is 0 Å². The number of nitrogens with one attached hydrogen (secondary N) is 1. The zero-order chi connectivity index (χ0) is 14.0. The highest BCUT2D eigenvalue weighted by Crippen LogP contribution is 2.23. The van der Waals surface area contributed by atoms with E-state index in [4.69, 9.17) is 5.73 Å². The van der Waals surface area contributed by atoms with E-state index in [9.17, 15) is 12.8 Å². The predicted octanol–water partition coefficient (Wildman–Crippen LogP) is 1.91. The molecule has 0 amide bonds. The molecule has 1 aromatic heterocycles. The number of halogens is 1. The van der Waals surface area contributed by atoms with Crippen LogP contribution in [-0.4, -0.2) is 13.4 Å². The molecule has 0 aliphatic rings. The molecule has 3 N–H and O–H groups in total. The van der Waals surface area contributed by atoms with Crippen molar-refractivity contribution in [2.75, 3.05) is 10.5 Å². The van der Waals surface area contributed by atoms with Crippen LogP contribution in [0.4, 0.5) is 15.8 Å². The van der Waals surface area contributed by atoms with Crippen LogP contribution < -0.4 is 10.5 Å². The van der Waals surface area contributed by atoms with Gasteiger partial charge in [0.15, 0.2) is 0 Å². The molecular formula is C12H12FN3O2S. The maximum absolute atomic E-state index is 12.9. The number of nitrogens with zero attached hydrogens (tertiary/aromatic N) is 1. The summed E-state index contributed by atoms with van der Waals surface area (Å²) in [5.74, 6) is -0.587. The molecular weight excluding hydrogens is 269 g/mol. The molecule has 0 atom stereocenters. The molecule has 2 rings (SSSR count). The number of hydrogen-bond donors (Lipinski definition) is 2. The highest BCUT2D eigenvalue weighted by Gasteiger charge is 2.18. The van der Waals surface area contributed by atoms with Crippen LogP contribution in [0.15, 0.2) is 41.6 Å². The standard InChI is InChI=1S/C12H12FN3O2S/c1-8-7-15-5-4-11(8)16-19(17,18)12-3-2-9(13)6-10(12)14/h2-7H,14H2,1H3,(H,15,16). The Labute approximate surface area is 110 Å². The largest absolute Gasteiger partial charge is 0.398 e. The molecule has 19 heavy (non-hydrogen) atoms. The number of sulfonamides is 1. The highest BCUT2D eigenvalue weighted by molar-refractivity contribution is 7.92. The third kappa shape index (κ3) is 2.82. The van der Waals surface area contributed by atoms with Gasteiger partial charge < -0.3 is 5.73 Å². The van der Waals surface area contributed by atoms with Crippen LogP contribution in [0.25, 0.3) is 0 Å². The first-order chi connectivity index (χ1) is 8.90. The summed E-state index contributed by atoms with van der Waals surface area (Å²) in [6.45, 7) is 1.72. The van der Waals surface area contributed by atoms with E-state index >= 15 is 0 Å². The minimum atomic E-state index is -3.85. The molecule has 0 aliphatic heterocycles. The van der Waals surface area contributed by atoms with Crippen molar-refractivity contribution in [1.29, 1.82) is 0 Å².